The number of nitrogens with one attached hydrogen (secondary N) is 3. The molecule has 34 heavy (non-hydrogen) atoms. The van der Waals surface area contributed by atoms with Gasteiger partial charge >= 0.3 is 0 Å². The standard InChI is InChI=1S/C15H16N4O2S.C8H11N3O/c1-9-14(7-13(19(9)3)15(20)16-2)22(21)11-4-5-12-10(6-11)8-17-18-12;12-8-6-9-7(5-10-8)11-3-1-2-4-11/h4-8H,1-3H3,(H,16,20)(H,17,18);5-6H,1-4H2,(H,10,12). The van der Waals surface area contributed by atoms with Gasteiger partial charge in [0.2, 0.25) is 0 Å². The van der Waals surface area contributed by atoms with Gasteiger partial charge in [0.15, 0.2) is 0 Å². The number of aromatic nitrogens is 5. The molecule has 3 aromatic heterocycles. The van der Waals surface area contributed by atoms with Gasteiger partial charge in [0.25, 0.3) is 11.5 Å². The summed E-state index contributed by atoms with van der Waals surface area (Å²) < 4.78 is 14.6. The quantitative estimate of drug-likeness (QED) is 0.409. The normalized spacial score (nSPS) is 14.0. The minimum absolute atomic E-state index is 0.141. The third-order valence-corrected chi connectivity index (χ3v) is 7.36. The van der Waals surface area contributed by atoms with Crippen molar-refractivity contribution in [2.45, 2.75) is 29.6 Å². The zero-order chi connectivity index (χ0) is 24.2. The van der Waals surface area contributed by atoms with Gasteiger partial charge in [-0.05, 0) is 44.0 Å². The van der Waals surface area contributed by atoms with E-state index in [4.69, 9.17) is 0 Å². The molecule has 4 aromatic rings. The van der Waals surface area contributed by atoms with Crippen molar-refractivity contribution in [2.24, 2.45) is 7.05 Å². The molecule has 1 amide bonds. The van der Waals surface area contributed by atoms with E-state index in [1.807, 2.05) is 25.1 Å². The van der Waals surface area contributed by atoms with Crippen molar-refractivity contribution in [3.63, 3.8) is 0 Å². The second kappa shape index (κ2) is 10.0. The smallest absolute Gasteiger partial charge is 0.267 e. The predicted molar refractivity (Wildman–Crippen MR) is 131 cm³/mol. The molecule has 1 saturated heterocycles. The summed E-state index contributed by atoms with van der Waals surface area (Å²) in [6.07, 6.45) is 7.15. The molecule has 3 N–H and O–H groups in total. The number of fused-ring (bicyclic) bond motifs is 1. The van der Waals surface area contributed by atoms with Crippen LogP contribution in [0, 0.1) is 6.92 Å². The molecule has 0 radical (unpaired) electrons. The molecule has 1 atom stereocenters. The Balaban J connectivity index is 0.000000192. The topological polar surface area (TPSA) is 129 Å². The van der Waals surface area contributed by atoms with Crippen LogP contribution in [0.5, 0.6) is 0 Å². The fraction of sp³-hybridized carbons (Fsp3) is 0.304. The lowest BCUT2D eigenvalue weighted by Gasteiger charge is -2.14. The van der Waals surface area contributed by atoms with Crippen molar-refractivity contribution in [3.8, 4) is 0 Å². The van der Waals surface area contributed by atoms with Gasteiger partial charge in [0.05, 0.1) is 33.6 Å². The minimum Gasteiger partial charge on any atom is -0.355 e. The van der Waals surface area contributed by atoms with Gasteiger partial charge in [-0.1, -0.05) is 0 Å². The van der Waals surface area contributed by atoms with Gasteiger partial charge in [-0.2, -0.15) is 5.10 Å². The second-order valence-electron chi connectivity index (χ2n) is 7.97. The number of hydrogen-bond acceptors (Lipinski definition) is 6. The van der Waals surface area contributed by atoms with Crippen LogP contribution in [-0.2, 0) is 17.8 Å². The highest BCUT2D eigenvalue weighted by Gasteiger charge is 2.19. The molecule has 178 valence electrons. The fourth-order valence-corrected chi connectivity index (χ4v) is 5.13. The Bertz CT molecular complexity index is 1380. The molecule has 10 nitrogen and oxygen atoms in total. The van der Waals surface area contributed by atoms with Crippen LogP contribution in [0.1, 0.15) is 29.0 Å². The summed E-state index contributed by atoms with van der Waals surface area (Å²) in [5.41, 5.74) is 2.06. The first kappa shape index (κ1) is 23.4. The fourth-order valence-electron chi connectivity index (χ4n) is 3.82. The Hall–Kier alpha value is -3.73. The van der Waals surface area contributed by atoms with E-state index in [0.29, 0.717) is 15.5 Å². The number of nitrogens with zero attached hydrogens (tertiary/aromatic N) is 4. The maximum absolute atomic E-state index is 12.8. The zero-order valence-corrected chi connectivity index (χ0v) is 20.1. The SMILES string of the molecule is CNC(=O)c1cc(S(=O)c2ccc3[nH]ncc3c2)c(C)n1C.O=c1cnc(N2CCCC2)c[nH]1. The van der Waals surface area contributed by atoms with E-state index in [1.54, 1.807) is 37.1 Å². The summed E-state index contributed by atoms with van der Waals surface area (Å²) in [7, 11) is 2.02. The van der Waals surface area contributed by atoms with Crippen molar-refractivity contribution >= 4 is 33.4 Å². The maximum atomic E-state index is 12.8. The van der Waals surface area contributed by atoms with E-state index in [1.165, 1.54) is 19.0 Å². The first-order chi connectivity index (χ1) is 16.4. The summed E-state index contributed by atoms with van der Waals surface area (Å²) in [5.74, 6) is 0.686. The lowest BCUT2D eigenvalue weighted by Crippen LogP contribution is -2.20. The number of hydrogen-bond donors (Lipinski definition) is 3. The molecule has 0 aliphatic carbocycles. The molecule has 1 fully saturated rings. The number of rotatable bonds is 4. The number of carbonyl (C=O) groups excluding carboxylic acids is 1. The number of benzene rings is 1. The molecular weight excluding hydrogens is 454 g/mol. The summed E-state index contributed by atoms with van der Waals surface area (Å²) in [5, 5.41) is 10.3. The Kier molecular flexibility index (Phi) is 6.92. The molecule has 11 heteroatoms. The van der Waals surface area contributed by atoms with Gasteiger partial charge in [0.1, 0.15) is 11.5 Å². The van der Waals surface area contributed by atoms with E-state index in [9.17, 15) is 13.8 Å². The van der Waals surface area contributed by atoms with Crippen LogP contribution in [0.2, 0.25) is 0 Å². The number of anilines is 1. The van der Waals surface area contributed by atoms with E-state index in [0.717, 1.165) is 35.5 Å². The van der Waals surface area contributed by atoms with Crippen molar-refractivity contribution < 1.29 is 9.00 Å². The van der Waals surface area contributed by atoms with Crippen molar-refractivity contribution in [1.29, 1.82) is 0 Å². The van der Waals surface area contributed by atoms with Crippen LogP contribution in [0.15, 0.2) is 57.4 Å². The second-order valence-corrected chi connectivity index (χ2v) is 9.42. The largest absolute Gasteiger partial charge is 0.355 e. The van der Waals surface area contributed by atoms with Gasteiger partial charge in [-0.15, -0.1) is 0 Å². The molecule has 5 rings (SSSR count). The maximum Gasteiger partial charge on any atom is 0.267 e. The highest BCUT2D eigenvalue weighted by atomic mass is 32.2. The highest BCUT2D eigenvalue weighted by molar-refractivity contribution is 7.85. The average molecular weight is 482 g/mol. The molecule has 1 aliphatic heterocycles. The first-order valence-electron chi connectivity index (χ1n) is 10.9. The highest BCUT2D eigenvalue weighted by Crippen LogP contribution is 2.25. The van der Waals surface area contributed by atoms with Crippen LogP contribution in [0.4, 0.5) is 5.82 Å². The molecular formula is C23H27N7O3S. The molecule has 1 aromatic carbocycles. The third-order valence-electron chi connectivity index (χ3n) is 5.86. The first-order valence-corrected chi connectivity index (χ1v) is 12.1. The zero-order valence-electron chi connectivity index (χ0n) is 19.3. The average Bonchev–Trinajstić information content (AvgIpc) is 3.60. The Morgan fingerprint density at radius 2 is 1.94 bits per heavy atom. The van der Waals surface area contributed by atoms with E-state index < -0.39 is 10.8 Å². The van der Waals surface area contributed by atoms with Gasteiger partial charge in [-0.3, -0.25) is 14.7 Å². The van der Waals surface area contributed by atoms with Crippen LogP contribution in [-0.4, -0.2) is 55.0 Å². The van der Waals surface area contributed by atoms with Crippen LogP contribution >= 0.6 is 0 Å². The summed E-state index contributed by atoms with van der Waals surface area (Å²) in [6.45, 7) is 3.97. The van der Waals surface area contributed by atoms with Crippen LogP contribution in [0.3, 0.4) is 0 Å². The van der Waals surface area contributed by atoms with Crippen LogP contribution < -0.4 is 15.8 Å². The lowest BCUT2D eigenvalue weighted by molar-refractivity contribution is 0.0955. The third kappa shape index (κ3) is 4.79. The molecule has 0 bridgehead atoms. The molecule has 4 heterocycles. The minimum atomic E-state index is -1.35. The molecule has 1 unspecified atom stereocenters. The van der Waals surface area contributed by atoms with E-state index >= 15 is 0 Å². The van der Waals surface area contributed by atoms with Gasteiger partial charge in [0, 0.05) is 49.4 Å². The summed E-state index contributed by atoms with van der Waals surface area (Å²) >= 11 is 0. The monoisotopic (exact) mass is 481 g/mol. The van der Waals surface area contributed by atoms with Gasteiger partial charge in [-0.25, -0.2) is 9.19 Å². The number of aromatic amines is 2. The number of carbonyl (C=O) groups is 1. The summed E-state index contributed by atoms with van der Waals surface area (Å²) in [4.78, 5) is 32.7. The molecule has 1 aliphatic rings. The summed E-state index contributed by atoms with van der Waals surface area (Å²) in [6, 6.07) is 7.20. The van der Waals surface area contributed by atoms with Crippen molar-refractivity contribution in [3.05, 3.63) is 64.6 Å². The Morgan fingerprint density at radius 1 is 1.18 bits per heavy atom. The predicted octanol–water partition coefficient (Wildman–Crippen LogP) is 2.11. The van der Waals surface area contributed by atoms with E-state index in [2.05, 4.69) is 30.4 Å². The molecule has 0 spiro atoms. The lowest BCUT2D eigenvalue weighted by atomic mass is 10.3. The number of amides is 1. The van der Waals surface area contributed by atoms with Gasteiger partial charge < -0.3 is 19.8 Å². The van der Waals surface area contributed by atoms with E-state index in [-0.39, 0.29) is 11.5 Å². The Labute approximate surface area is 198 Å². The molecule has 0 saturated carbocycles. The van der Waals surface area contributed by atoms with Crippen molar-refractivity contribution in [1.82, 2.24) is 30.0 Å². The number of H-pyrrole nitrogens is 2. The van der Waals surface area contributed by atoms with Crippen molar-refractivity contribution in [2.75, 3.05) is 25.0 Å². The van der Waals surface area contributed by atoms with Crippen LogP contribution in [0.25, 0.3) is 10.9 Å². The Morgan fingerprint density at radius 3 is 2.62 bits per heavy atom.